The van der Waals surface area contributed by atoms with Crippen molar-refractivity contribution in [2.24, 2.45) is 0 Å². The van der Waals surface area contributed by atoms with Crippen LogP contribution >= 0.6 is 0 Å². The number of ketones is 1. The lowest BCUT2D eigenvalue weighted by atomic mass is 9.99. The Morgan fingerprint density at radius 1 is 0.914 bits per heavy atom. The fourth-order valence-electron chi connectivity index (χ4n) is 4.41. The summed E-state index contributed by atoms with van der Waals surface area (Å²) >= 11 is 0. The molecule has 0 atom stereocenters. The fraction of sp³-hybridized carbons (Fsp3) is 0.222. The third kappa shape index (κ3) is 4.19. The minimum absolute atomic E-state index is 0.00471. The lowest BCUT2D eigenvalue weighted by Crippen LogP contribution is -2.50. The largest absolute Gasteiger partial charge is 0.496 e. The number of aromatic nitrogens is 1. The van der Waals surface area contributed by atoms with Gasteiger partial charge in [-0.15, -0.1) is 0 Å². The Hall–Kier alpha value is -4.33. The van der Waals surface area contributed by atoms with Gasteiger partial charge in [0.25, 0.3) is 11.7 Å². The van der Waals surface area contributed by atoms with Crippen molar-refractivity contribution in [2.45, 2.75) is 0 Å². The minimum Gasteiger partial charge on any atom is -0.496 e. The molecule has 3 heterocycles. The third-order valence-electron chi connectivity index (χ3n) is 6.19. The third-order valence-corrected chi connectivity index (χ3v) is 6.19. The van der Waals surface area contributed by atoms with Crippen LogP contribution in [0.3, 0.4) is 0 Å². The number of carbonyl (C=O) groups excluding carboxylic acids is 2. The molecule has 35 heavy (non-hydrogen) atoms. The van der Waals surface area contributed by atoms with E-state index in [1.54, 1.807) is 37.4 Å². The molecule has 0 bridgehead atoms. The van der Waals surface area contributed by atoms with Gasteiger partial charge in [0.1, 0.15) is 22.9 Å². The van der Waals surface area contributed by atoms with Gasteiger partial charge in [-0.1, -0.05) is 36.4 Å². The van der Waals surface area contributed by atoms with E-state index in [1.807, 2.05) is 48.5 Å². The summed E-state index contributed by atoms with van der Waals surface area (Å²) in [4.78, 5) is 34.9. The summed E-state index contributed by atoms with van der Waals surface area (Å²) in [5, 5.41) is 0.621. The molecule has 1 aliphatic heterocycles. The molecule has 2 aromatic carbocycles. The average molecular weight is 472 g/mol. The highest BCUT2D eigenvalue weighted by molar-refractivity contribution is 6.44. The fourth-order valence-corrected chi connectivity index (χ4v) is 4.41. The van der Waals surface area contributed by atoms with E-state index in [1.165, 1.54) is 0 Å². The molecular weight excluding hydrogens is 446 g/mol. The van der Waals surface area contributed by atoms with E-state index in [0.717, 1.165) is 11.4 Å². The molecule has 2 aromatic heterocycles. The number of furan rings is 1. The molecule has 1 aliphatic rings. The molecule has 0 saturated carbocycles. The van der Waals surface area contributed by atoms with Gasteiger partial charge >= 0.3 is 0 Å². The van der Waals surface area contributed by atoms with E-state index < -0.39 is 11.7 Å². The van der Waals surface area contributed by atoms with Gasteiger partial charge in [0.2, 0.25) is 0 Å². The number of Topliss-reactive ketones (excluding diaryl/α,β-unsaturated/α-hetero) is 1. The van der Waals surface area contributed by atoms with E-state index in [9.17, 15) is 9.59 Å². The Kier molecular flexibility index (Phi) is 6.10. The lowest BCUT2D eigenvalue weighted by molar-refractivity contribution is -0.126. The Labute approximate surface area is 202 Å². The van der Waals surface area contributed by atoms with Crippen LogP contribution < -0.4 is 14.4 Å². The zero-order chi connectivity index (χ0) is 24.4. The maximum absolute atomic E-state index is 13.5. The number of piperazine rings is 1. The van der Waals surface area contributed by atoms with Crippen molar-refractivity contribution in [1.29, 1.82) is 0 Å². The smallest absolute Gasteiger partial charge is 0.298 e. The Morgan fingerprint density at radius 3 is 2.31 bits per heavy atom. The van der Waals surface area contributed by atoms with Crippen molar-refractivity contribution in [2.75, 3.05) is 45.3 Å². The number of ether oxygens (including phenoxy) is 2. The summed E-state index contributed by atoms with van der Waals surface area (Å²) in [7, 11) is 3.09. The number of fused-ring (bicyclic) bond motifs is 1. The van der Waals surface area contributed by atoms with Crippen molar-refractivity contribution < 1.29 is 23.5 Å². The van der Waals surface area contributed by atoms with E-state index in [0.29, 0.717) is 54.2 Å². The molecule has 0 radical (unpaired) electrons. The number of amides is 1. The second-order valence-corrected chi connectivity index (χ2v) is 8.17. The lowest BCUT2D eigenvalue weighted by Gasteiger charge is -2.34. The van der Waals surface area contributed by atoms with E-state index >= 15 is 0 Å². The quantitative estimate of drug-likeness (QED) is 0.310. The molecule has 1 amide bonds. The van der Waals surface area contributed by atoms with Crippen molar-refractivity contribution in [3.05, 3.63) is 72.6 Å². The zero-order valence-corrected chi connectivity index (χ0v) is 19.6. The minimum atomic E-state index is -0.688. The van der Waals surface area contributed by atoms with Gasteiger partial charge in [-0.05, 0) is 17.7 Å². The van der Waals surface area contributed by atoms with E-state index in [-0.39, 0.29) is 5.76 Å². The molecule has 1 saturated heterocycles. The molecule has 178 valence electrons. The molecule has 0 aliphatic carbocycles. The van der Waals surface area contributed by atoms with Gasteiger partial charge in [0.05, 0.1) is 19.6 Å². The number of benzene rings is 2. The summed E-state index contributed by atoms with van der Waals surface area (Å²) in [5.74, 6) is 0.599. The molecular formula is C27H25N3O5. The molecule has 1 fully saturated rings. The van der Waals surface area contributed by atoms with Gasteiger partial charge in [-0.25, -0.2) is 4.98 Å². The molecule has 0 unspecified atom stereocenters. The highest BCUT2D eigenvalue weighted by Gasteiger charge is 2.33. The SMILES string of the molecule is COc1cc(OC)c2c(-c3ccccc3)c(C(=O)C(=O)N3CCN(c4ccccn4)CC3)oc2c1. The van der Waals surface area contributed by atoms with Crippen LogP contribution in [0.1, 0.15) is 10.6 Å². The Bertz CT molecular complexity index is 1360. The van der Waals surface area contributed by atoms with Crippen LogP contribution in [0.5, 0.6) is 11.5 Å². The summed E-state index contributed by atoms with van der Waals surface area (Å²) in [6.07, 6.45) is 1.74. The van der Waals surface area contributed by atoms with Crippen LogP contribution in [0.4, 0.5) is 5.82 Å². The molecule has 0 spiro atoms. The number of hydrogen-bond acceptors (Lipinski definition) is 7. The normalized spacial score (nSPS) is 13.7. The zero-order valence-electron chi connectivity index (χ0n) is 19.6. The highest BCUT2D eigenvalue weighted by Crippen LogP contribution is 2.42. The second kappa shape index (κ2) is 9.50. The Morgan fingerprint density at radius 2 is 1.66 bits per heavy atom. The summed E-state index contributed by atoms with van der Waals surface area (Å²) in [5.41, 5.74) is 1.70. The number of anilines is 1. The number of hydrogen-bond donors (Lipinski definition) is 0. The van der Waals surface area contributed by atoms with Crippen LogP contribution in [0.25, 0.3) is 22.1 Å². The molecule has 5 rings (SSSR count). The summed E-state index contributed by atoms with van der Waals surface area (Å²) in [6.45, 7) is 2.01. The maximum Gasteiger partial charge on any atom is 0.298 e. The van der Waals surface area contributed by atoms with Gasteiger partial charge in [0.15, 0.2) is 5.76 Å². The number of methoxy groups -OCH3 is 2. The van der Waals surface area contributed by atoms with Gasteiger partial charge in [-0.3, -0.25) is 9.59 Å². The predicted molar refractivity (Wildman–Crippen MR) is 132 cm³/mol. The van der Waals surface area contributed by atoms with Crippen molar-refractivity contribution in [3.63, 3.8) is 0 Å². The number of carbonyl (C=O) groups is 2. The highest BCUT2D eigenvalue weighted by atomic mass is 16.5. The molecule has 8 heteroatoms. The first-order valence-electron chi connectivity index (χ1n) is 11.3. The van der Waals surface area contributed by atoms with Crippen molar-refractivity contribution >= 4 is 28.5 Å². The molecule has 4 aromatic rings. The monoisotopic (exact) mass is 471 g/mol. The van der Waals surface area contributed by atoms with Crippen molar-refractivity contribution in [3.8, 4) is 22.6 Å². The van der Waals surface area contributed by atoms with Crippen LogP contribution in [0.2, 0.25) is 0 Å². The topological polar surface area (TPSA) is 85.1 Å². The molecule has 8 nitrogen and oxygen atoms in total. The van der Waals surface area contributed by atoms with Crippen LogP contribution in [0.15, 0.2) is 71.3 Å². The molecule has 0 N–H and O–H groups in total. The van der Waals surface area contributed by atoms with Crippen molar-refractivity contribution in [1.82, 2.24) is 9.88 Å². The number of pyridine rings is 1. The van der Waals surface area contributed by atoms with E-state index in [4.69, 9.17) is 13.9 Å². The second-order valence-electron chi connectivity index (χ2n) is 8.17. The predicted octanol–water partition coefficient (Wildman–Crippen LogP) is 4.04. The number of nitrogens with zero attached hydrogens (tertiary/aromatic N) is 3. The van der Waals surface area contributed by atoms with E-state index in [2.05, 4.69) is 9.88 Å². The first-order valence-corrected chi connectivity index (χ1v) is 11.3. The summed E-state index contributed by atoms with van der Waals surface area (Å²) < 4.78 is 17.0. The standard InChI is InChI=1S/C27H25N3O5/c1-33-19-16-20(34-2)24-21(17-19)35-26(23(24)18-8-4-3-5-9-18)25(31)27(32)30-14-12-29(13-15-30)22-10-6-7-11-28-22/h3-11,16-17H,12-15H2,1-2H3. The van der Waals surface area contributed by atoms with Crippen LogP contribution in [-0.2, 0) is 4.79 Å². The van der Waals surface area contributed by atoms with Crippen LogP contribution in [-0.4, -0.2) is 62.0 Å². The van der Waals surface area contributed by atoms with Gasteiger partial charge in [0, 0.05) is 50.1 Å². The first kappa shape index (κ1) is 22.5. The maximum atomic E-state index is 13.5. The van der Waals surface area contributed by atoms with Crippen LogP contribution in [0, 0.1) is 0 Å². The van der Waals surface area contributed by atoms with Gasteiger partial charge in [-0.2, -0.15) is 0 Å². The van der Waals surface area contributed by atoms with Gasteiger partial charge < -0.3 is 23.7 Å². The first-order chi connectivity index (χ1) is 17.1. The summed E-state index contributed by atoms with van der Waals surface area (Å²) in [6, 6.07) is 18.5. The average Bonchev–Trinajstić information content (AvgIpc) is 3.32. The Balaban J connectivity index is 1.49. The number of rotatable bonds is 6.